The van der Waals surface area contributed by atoms with Gasteiger partial charge in [-0.05, 0) is 18.2 Å². The molecule has 0 spiro atoms. The Morgan fingerprint density at radius 3 is 2.92 bits per heavy atom. The van der Waals surface area contributed by atoms with Crippen molar-refractivity contribution in [1.29, 1.82) is 0 Å². The third-order valence-electron chi connectivity index (χ3n) is 4.56. The number of carbonyl (C=O) groups excluding carboxylic acids is 2. The fraction of sp³-hybridized carbons (Fsp3) is 0.438. The lowest BCUT2D eigenvalue weighted by atomic mass is 10.1. The van der Waals surface area contributed by atoms with Gasteiger partial charge in [-0.25, -0.2) is 0 Å². The van der Waals surface area contributed by atoms with Gasteiger partial charge in [0.25, 0.3) is 0 Å². The molecule has 2 amide bonds. The van der Waals surface area contributed by atoms with Crippen LogP contribution in [0.15, 0.2) is 22.7 Å². The maximum absolute atomic E-state index is 12.7. The smallest absolute Gasteiger partial charge is 0.229 e. The summed E-state index contributed by atoms with van der Waals surface area (Å²) in [7, 11) is 0. The molecule has 0 radical (unpaired) electrons. The van der Waals surface area contributed by atoms with Crippen LogP contribution in [0.1, 0.15) is 6.42 Å². The average Bonchev–Trinajstić information content (AvgIpc) is 3.17. The van der Waals surface area contributed by atoms with Crippen LogP contribution >= 0.6 is 27.7 Å². The summed E-state index contributed by atoms with van der Waals surface area (Å²) in [6, 6.07) is 5.79. The van der Waals surface area contributed by atoms with E-state index in [9.17, 15) is 9.59 Å². The Kier molecular flexibility index (Phi) is 4.26. The molecule has 0 saturated carbocycles. The minimum Gasteiger partial charge on any atom is -0.341 e. The van der Waals surface area contributed by atoms with Crippen LogP contribution in [0.3, 0.4) is 0 Å². The van der Waals surface area contributed by atoms with E-state index < -0.39 is 0 Å². The number of thioether (sulfide) groups is 1. The second-order valence-electron chi connectivity index (χ2n) is 6.08. The summed E-state index contributed by atoms with van der Waals surface area (Å²) in [5.41, 5.74) is 0.870. The molecule has 0 aliphatic carbocycles. The predicted octanol–water partition coefficient (Wildman–Crippen LogP) is 2.25. The minimum absolute atomic E-state index is 0.0314. The van der Waals surface area contributed by atoms with Gasteiger partial charge in [0.05, 0.1) is 11.4 Å². The van der Waals surface area contributed by atoms with Gasteiger partial charge in [0, 0.05) is 47.4 Å². The van der Waals surface area contributed by atoms with Crippen molar-refractivity contribution < 1.29 is 9.59 Å². The van der Waals surface area contributed by atoms with Gasteiger partial charge in [0.15, 0.2) is 5.82 Å². The van der Waals surface area contributed by atoms with Crippen molar-refractivity contribution >= 4 is 56.2 Å². The number of aromatic amines is 1. The first-order valence-corrected chi connectivity index (χ1v) is 9.89. The number of rotatable bonds is 2. The van der Waals surface area contributed by atoms with Crippen LogP contribution < -0.4 is 4.90 Å². The van der Waals surface area contributed by atoms with E-state index in [0.29, 0.717) is 12.4 Å². The Morgan fingerprint density at radius 1 is 1.33 bits per heavy atom. The van der Waals surface area contributed by atoms with Crippen LogP contribution in [-0.4, -0.2) is 58.1 Å². The Morgan fingerprint density at radius 2 is 2.12 bits per heavy atom. The van der Waals surface area contributed by atoms with Gasteiger partial charge in [0.2, 0.25) is 11.8 Å². The fourth-order valence-corrected chi connectivity index (χ4v) is 4.57. The molecule has 1 N–H and O–H groups in total. The van der Waals surface area contributed by atoms with Crippen LogP contribution in [0, 0.1) is 5.92 Å². The zero-order valence-electron chi connectivity index (χ0n) is 13.0. The average molecular weight is 409 g/mol. The number of nitrogens with zero attached hydrogens (tertiary/aromatic N) is 3. The number of benzene rings is 1. The standard InChI is InChI=1S/C16H17BrN4O2S/c17-11-1-2-12-13(8-11)18-19-15(12)21-9-10(7-14(21)22)16(23)20-3-5-24-6-4-20/h1-2,8,10H,3-7,9H2,(H,18,19)/t10-/m1/s1. The maximum Gasteiger partial charge on any atom is 0.229 e. The molecule has 2 aromatic rings. The molecule has 1 atom stereocenters. The highest BCUT2D eigenvalue weighted by Gasteiger charge is 2.38. The lowest BCUT2D eigenvalue weighted by molar-refractivity contribution is -0.135. The first-order valence-electron chi connectivity index (χ1n) is 7.94. The minimum atomic E-state index is -0.261. The number of carbonyl (C=O) groups is 2. The summed E-state index contributed by atoms with van der Waals surface area (Å²) in [5.74, 6) is 2.39. The molecule has 8 heteroatoms. The monoisotopic (exact) mass is 408 g/mol. The Labute approximate surface area is 152 Å². The number of fused-ring (bicyclic) bond motifs is 1. The van der Waals surface area contributed by atoms with Gasteiger partial charge in [-0.1, -0.05) is 15.9 Å². The molecule has 3 heterocycles. The Balaban J connectivity index is 1.56. The summed E-state index contributed by atoms with van der Waals surface area (Å²) < 4.78 is 0.953. The maximum atomic E-state index is 12.7. The van der Waals surface area contributed by atoms with Crippen molar-refractivity contribution in [2.24, 2.45) is 5.92 Å². The number of aromatic nitrogens is 2. The van der Waals surface area contributed by atoms with Gasteiger partial charge in [0.1, 0.15) is 0 Å². The van der Waals surface area contributed by atoms with Crippen LogP contribution in [0.2, 0.25) is 0 Å². The zero-order chi connectivity index (χ0) is 16.7. The van der Waals surface area contributed by atoms with Gasteiger partial charge in [-0.2, -0.15) is 16.9 Å². The first-order chi connectivity index (χ1) is 11.6. The zero-order valence-corrected chi connectivity index (χ0v) is 15.4. The molecule has 24 heavy (non-hydrogen) atoms. The molecular weight excluding hydrogens is 392 g/mol. The predicted molar refractivity (Wildman–Crippen MR) is 98.2 cm³/mol. The molecule has 2 fully saturated rings. The summed E-state index contributed by atoms with van der Waals surface area (Å²) >= 11 is 5.30. The lowest BCUT2D eigenvalue weighted by Gasteiger charge is -2.28. The largest absolute Gasteiger partial charge is 0.341 e. The number of nitrogens with one attached hydrogen (secondary N) is 1. The van der Waals surface area contributed by atoms with E-state index in [1.807, 2.05) is 34.9 Å². The molecule has 6 nitrogen and oxygen atoms in total. The quantitative estimate of drug-likeness (QED) is 0.826. The van der Waals surface area contributed by atoms with Crippen molar-refractivity contribution in [3.8, 4) is 0 Å². The number of hydrogen-bond donors (Lipinski definition) is 1. The number of anilines is 1. The Hall–Kier alpha value is -1.54. The van der Waals surface area contributed by atoms with Crippen molar-refractivity contribution in [1.82, 2.24) is 15.1 Å². The Bertz CT molecular complexity index is 802. The number of hydrogen-bond acceptors (Lipinski definition) is 4. The van der Waals surface area contributed by atoms with Gasteiger partial charge < -0.3 is 4.90 Å². The molecule has 4 rings (SSSR count). The SMILES string of the molecule is O=C([C@@H]1CC(=O)N(c2n[nH]c3cc(Br)ccc23)C1)N1CCSCC1. The molecule has 0 unspecified atom stereocenters. The molecule has 126 valence electrons. The molecule has 0 bridgehead atoms. The number of amides is 2. The topological polar surface area (TPSA) is 69.3 Å². The van der Waals surface area contributed by atoms with E-state index in [-0.39, 0.29) is 24.2 Å². The van der Waals surface area contributed by atoms with Crippen LogP contribution in [-0.2, 0) is 9.59 Å². The first kappa shape index (κ1) is 16.0. The normalized spacial score (nSPS) is 21.7. The van der Waals surface area contributed by atoms with Crippen LogP contribution in [0.4, 0.5) is 5.82 Å². The third-order valence-corrected chi connectivity index (χ3v) is 5.99. The summed E-state index contributed by atoms with van der Waals surface area (Å²) in [5, 5.41) is 8.17. The highest BCUT2D eigenvalue weighted by atomic mass is 79.9. The molecule has 2 saturated heterocycles. The van der Waals surface area contributed by atoms with E-state index in [0.717, 1.165) is 40.0 Å². The van der Waals surface area contributed by atoms with Crippen molar-refractivity contribution in [2.75, 3.05) is 36.0 Å². The lowest BCUT2D eigenvalue weighted by Crippen LogP contribution is -2.42. The van der Waals surface area contributed by atoms with Crippen molar-refractivity contribution in [2.45, 2.75) is 6.42 Å². The summed E-state index contributed by atoms with van der Waals surface area (Å²) in [6.07, 6.45) is 0.271. The second kappa shape index (κ2) is 6.40. The van der Waals surface area contributed by atoms with Crippen molar-refractivity contribution in [3.05, 3.63) is 22.7 Å². The van der Waals surface area contributed by atoms with Gasteiger partial charge in [-0.3, -0.25) is 19.6 Å². The van der Waals surface area contributed by atoms with Crippen LogP contribution in [0.25, 0.3) is 10.9 Å². The van der Waals surface area contributed by atoms with Crippen LogP contribution in [0.5, 0.6) is 0 Å². The van der Waals surface area contributed by atoms with Gasteiger partial charge in [-0.15, -0.1) is 0 Å². The molecule has 1 aromatic carbocycles. The number of halogens is 1. The molecule has 2 aliphatic rings. The van der Waals surface area contributed by atoms with Crippen molar-refractivity contribution in [3.63, 3.8) is 0 Å². The highest BCUT2D eigenvalue weighted by Crippen LogP contribution is 2.31. The van der Waals surface area contributed by atoms with E-state index in [1.54, 1.807) is 4.90 Å². The molecule has 1 aromatic heterocycles. The van der Waals surface area contributed by atoms with E-state index >= 15 is 0 Å². The van der Waals surface area contributed by atoms with E-state index in [2.05, 4.69) is 26.1 Å². The highest BCUT2D eigenvalue weighted by molar-refractivity contribution is 9.10. The van der Waals surface area contributed by atoms with E-state index in [4.69, 9.17) is 0 Å². The van der Waals surface area contributed by atoms with E-state index in [1.165, 1.54) is 0 Å². The second-order valence-corrected chi connectivity index (χ2v) is 8.22. The fourth-order valence-electron chi connectivity index (χ4n) is 3.30. The number of H-pyrrole nitrogens is 1. The third kappa shape index (κ3) is 2.82. The van der Waals surface area contributed by atoms with Gasteiger partial charge >= 0.3 is 0 Å². The summed E-state index contributed by atoms with van der Waals surface area (Å²) in [4.78, 5) is 28.7. The summed E-state index contributed by atoms with van der Waals surface area (Å²) in [6.45, 7) is 1.98. The molecule has 2 aliphatic heterocycles. The molecular formula is C16H17BrN4O2S.